The van der Waals surface area contributed by atoms with Crippen LogP contribution in [0.15, 0.2) is 180 Å². The molecule has 0 radical (unpaired) electrons. The molecule has 3 heteroatoms. The fraction of sp³-hybridized carbons (Fsp3) is 0. The summed E-state index contributed by atoms with van der Waals surface area (Å²) in [6.45, 7) is 0. The summed E-state index contributed by atoms with van der Waals surface area (Å²) in [6, 6.07) is 63.3. The van der Waals surface area contributed by atoms with Gasteiger partial charge in [0.15, 0.2) is 0 Å². The molecule has 49 heavy (non-hydrogen) atoms. The molecule has 0 aliphatic rings. The van der Waals surface area contributed by atoms with Gasteiger partial charge in [-0.25, -0.2) is 0 Å². The summed E-state index contributed by atoms with van der Waals surface area (Å²) < 4.78 is 8.83. The molecule has 230 valence electrons. The number of rotatable bonds is 5. The van der Waals surface area contributed by atoms with Gasteiger partial charge in [-0.05, 0) is 76.0 Å². The molecule has 2 nitrogen and oxygen atoms in total. The molecule has 0 atom stereocenters. The van der Waals surface area contributed by atoms with Crippen LogP contribution in [0, 0.1) is 0 Å². The average molecular weight is 644 g/mol. The lowest BCUT2D eigenvalue weighted by Crippen LogP contribution is -2.11. The highest BCUT2D eigenvalue weighted by molar-refractivity contribution is 7.26. The number of benzene rings is 8. The zero-order valence-electron chi connectivity index (χ0n) is 26.5. The van der Waals surface area contributed by atoms with Crippen LogP contribution < -0.4 is 4.90 Å². The van der Waals surface area contributed by atoms with E-state index in [1.165, 1.54) is 58.9 Å². The van der Waals surface area contributed by atoms with Gasteiger partial charge in [-0.15, -0.1) is 11.3 Å². The Hall–Kier alpha value is -6.16. The Kier molecular flexibility index (Phi) is 6.39. The Morgan fingerprint density at radius 1 is 0.408 bits per heavy atom. The van der Waals surface area contributed by atoms with Gasteiger partial charge < -0.3 is 9.32 Å². The first-order chi connectivity index (χ1) is 24.3. The number of hydrogen-bond donors (Lipinski definition) is 0. The van der Waals surface area contributed by atoms with E-state index in [9.17, 15) is 0 Å². The second-order valence-corrected chi connectivity index (χ2v) is 13.6. The molecule has 0 spiro atoms. The van der Waals surface area contributed by atoms with Gasteiger partial charge in [0.2, 0.25) is 0 Å². The molecule has 0 aliphatic heterocycles. The van der Waals surface area contributed by atoms with Crippen LogP contribution in [0.25, 0.3) is 75.1 Å². The van der Waals surface area contributed by atoms with Crippen LogP contribution in [-0.2, 0) is 0 Å². The summed E-state index contributed by atoms with van der Waals surface area (Å²) in [5.41, 5.74) is 9.92. The molecular formula is C46H29NOS. The number of furan rings is 1. The normalized spacial score (nSPS) is 11.7. The fourth-order valence-electron chi connectivity index (χ4n) is 7.28. The zero-order valence-corrected chi connectivity index (χ0v) is 27.3. The molecule has 0 bridgehead atoms. The minimum Gasteiger partial charge on any atom is -0.456 e. The van der Waals surface area contributed by atoms with Crippen LogP contribution in [0.1, 0.15) is 0 Å². The second-order valence-electron chi connectivity index (χ2n) is 12.5. The van der Waals surface area contributed by atoms with Crippen molar-refractivity contribution in [1.29, 1.82) is 0 Å². The predicted octanol–water partition coefficient (Wildman–Crippen LogP) is 13.9. The van der Waals surface area contributed by atoms with E-state index in [-0.39, 0.29) is 0 Å². The van der Waals surface area contributed by atoms with E-state index in [4.69, 9.17) is 4.42 Å². The summed E-state index contributed by atoms with van der Waals surface area (Å²) in [7, 11) is 0. The molecule has 10 rings (SSSR count). The summed E-state index contributed by atoms with van der Waals surface area (Å²) in [5, 5.41) is 7.27. The van der Waals surface area contributed by atoms with E-state index in [1.807, 2.05) is 23.5 Å². The topological polar surface area (TPSA) is 16.4 Å². The number of thiophene rings is 1. The molecule has 2 aromatic heterocycles. The number of hydrogen-bond acceptors (Lipinski definition) is 3. The van der Waals surface area contributed by atoms with Crippen molar-refractivity contribution in [1.82, 2.24) is 0 Å². The number of anilines is 3. The lowest BCUT2D eigenvalue weighted by Gasteiger charge is -2.29. The van der Waals surface area contributed by atoms with E-state index >= 15 is 0 Å². The van der Waals surface area contributed by atoms with Gasteiger partial charge in [-0.3, -0.25) is 0 Å². The Morgan fingerprint density at radius 2 is 1.10 bits per heavy atom. The number of fused-ring (bicyclic) bond motifs is 7. The maximum atomic E-state index is 6.28. The molecule has 0 N–H and O–H groups in total. The van der Waals surface area contributed by atoms with Gasteiger partial charge in [-0.1, -0.05) is 127 Å². The van der Waals surface area contributed by atoms with Crippen molar-refractivity contribution in [2.45, 2.75) is 0 Å². The van der Waals surface area contributed by atoms with Gasteiger partial charge in [0.25, 0.3) is 0 Å². The largest absolute Gasteiger partial charge is 0.456 e. The lowest BCUT2D eigenvalue weighted by atomic mass is 9.98. The molecular weight excluding hydrogens is 615 g/mol. The highest BCUT2D eigenvalue weighted by atomic mass is 32.1. The van der Waals surface area contributed by atoms with Gasteiger partial charge in [-0.2, -0.15) is 0 Å². The quantitative estimate of drug-likeness (QED) is 0.186. The Labute approximate surface area is 287 Å². The van der Waals surface area contributed by atoms with Crippen molar-refractivity contribution in [3.05, 3.63) is 176 Å². The van der Waals surface area contributed by atoms with Crippen LogP contribution in [0.2, 0.25) is 0 Å². The number of para-hydroxylation sites is 1. The van der Waals surface area contributed by atoms with Crippen molar-refractivity contribution in [3.63, 3.8) is 0 Å². The molecule has 2 heterocycles. The van der Waals surface area contributed by atoms with E-state index in [1.54, 1.807) is 0 Å². The maximum Gasteiger partial charge on any atom is 0.135 e. The molecule has 0 aliphatic carbocycles. The maximum absolute atomic E-state index is 6.28. The molecule has 8 aromatic carbocycles. The van der Waals surface area contributed by atoms with E-state index in [0.29, 0.717) is 0 Å². The molecule has 0 unspecified atom stereocenters. The zero-order chi connectivity index (χ0) is 32.3. The third kappa shape index (κ3) is 4.62. The summed E-state index contributed by atoms with van der Waals surface area (Å²) >= 11 is 1.86. The minimum absolute atomic E-state index is 0.889. The van der Waals surface area contributed by atoms with Crippen LogP contribution >= 0.6 is 11.3 Å². The molecule has 0 amide bonds. The first-order valence-corrected chi connectivity index (χ1v) is 17.4. The standard InChI is InChI=1S/C46H29NOS/c1-2-11-32(12-3-1)37-25-26-40-39-15-7-9-17-44(39)49-46(40)45(37)47(36-24-27-43-41(29-36)38-14-6-8-16-42(38)48-43)35-22-20-31(21-23-35)34-19-18-30-10-4-5-13-33(30)28-34/h1-29H. The van der Waals surface area contributed by atoms with Crippen LogP contribution in [0.5, 0.6) is 0 Å². The molecule has 10 aromatic rings. The predicted molar refractivity (Wildman–Crippen MR) is 210 cm³/mol. The van der Waals surface area contributed by atoms with Crippen molar-refractivity contribution in [2.75, 3.05) is 4.90 Å². The summed E-state index contributed by atoms with van der Waals surface area (Å²) in [6.07, 6.45) is 0. The highest BCUT2D eigenvalue weighted by Gasteiger charge is 2.23. The van der Waals surface area contributed by atoms with Crippen molar-refractivity contribution in [3.8, 4) is 22.3 Å². The first kappa shape index (κ1) is 27.9. The average Bonchev–Trinajstić information content (AvgIpc) is 3.74. The Bertz CT molecular complexity index is 2830. The first-order valence-electron chi connectivity index (χ1n) is 16.6. The van der Waals surface area contributed by atoms with Crippen LogP contribution in [-0.4, -0.2) is 0 Å². The SMILES string of the molecule is c1ccc(-c2ccc3c(sc4ccccc43)c2N(c2ccc(-c3ccc4ccccc4c3)cc2)c2ccc3oc4ccccc4c3c2)cc1. The minimum atomic E-state index is 0.889. The Balaban J connectivity index is 1.24. The monoisotopic (exact) mass is 643 g/mol. The van der Waals surface area contributed by atoms with Crippen molar-refractivity contribution in [2.24, 2.45) is 0 Å². The van der Waals surface area contributed by atoms with Crippen molar-refractivity contribution >= 4 is 81.3 Å². The van der Waals surface area contributed by atoms with E-state index < -0.39 is 0 Å². The van der Waals surface area contributed by atoms with E-state index in [2.05, 4.69) is 169 Å². The third-order valence-electron chi connectivity index (χ3n) is 9.66. The van der Waals surface area contributed by atoms with Crippen LogP contribution in [0.3, 0.4) is 0 Å². The summed E-state index contributed by atoms with van der Waals surface area (Å²) in [5.74, 6) is 0. The highest BCUT2D eigenvalue weighted by Crippen LogP contribution is 2.50. The van der Waals surface area contributed by atoms with Gasteiger partial charge in [0, 0.05) is 43.2 Å². The summed E-state index contributed by atoms with van der Waals surface area (Å²) in [4.78, 5) is 2.45. The Morgan fingerprint density at radius 3 is 1.98 bits per heavy atom. The fourth-order valence-corrected chi connectivity index (χ4v) is 8.52. The van der Waals surface area contributed by atoms with Crippen molar-refractivity contribution < 1.29 is 4.42 Å². The lowest BCUT2D eigenvalue weighted by molar-refractivity contribution is 0.669. The van der Waals surface area contributed by atoms with E-state index in [0.717, 1.165) is 33.3 Å². The third-order valence-corrected chi connectivity index (χ3v) is 10.8. The van der Waals surface area contributed by atoms with Crippen LogP contribution in [0.4, 0.5) is 17.1 Å². The van der Waals surface area contributed by atoms with Gasteiger partial charge in [0.1, 0.15) is 11.2 Å². The molecule has 0 saturated carbocycles. The van der Waals surface area contributed by atoms with Gasteiger partial charge in [0.05, 0.1) is 10.4 Å². The molecule has 0 fully saturated rings. The number of nitrogens with zero attached hydrogens (tertiary/aromatic N) is 1. The second kappa shape index (κ2) is 11.2. The van der Waals surface area contributed by atoms with Gasteiger partial charge >= 0.3 is 0 Å². The smallest absolute Gasteiger partial charge is 0.135 e. The molecule has 0 saturated heterocycles.